The molecule has 1 aliphatic heterocycles. The quantitative estimate of drug-likeness (QED) is 0.441. The first-order chi connectivity index (χ1) is 16.9. The van der Waals surface area contributed by atoms with Crippen LogP contribution in [-0.2, 0) is 32.4 Å². The fourth-order valence-corrected chi connectivity index (χ4v) is 5.40. The van der Waals surface area contributed by atoms with Crippen LogP contribution in [0.1, 0.15) is 24.0 Å². The smallest absolute Gasteiger partial charge is 0.243 e. The summed E-state index contributed by atoms with van der Waals surface area (Å²) in [5.74, 6) is 1.83. The van der Waals surface area contributed by atoms with Crippen LogP contribution in [0.3, 0.4) is 0 Å². The maximum Gasteiger partial charge on any atom is 0.243 e. The van der Waals surface area contributed by atoms with Gasteiger partial charge in [0.05, 0.1) is 39.4 Å². The van der Waals surface area contributed by atoms with Crippen LogP contribution in [0.5, 0.6) is 17.2 Å². The van der Waals surface area contributed by atoms with Gasteiger partial charge in [0.15, 0.2) is 11.5 Å². The Bertz CT molecular complexity index is 1100. The summed E-state index contributed by atoms with van der Waals surface area (Å²) < 4.78 is 48.6. The highest BCUT2D eigenvalue weighted by molar-refractivity contribution is 7.89. The minimum absolute atomic E-state index is 0.0965. The molecule has 3 rings (SSSR count). The van der Waals surface area contributed by atoms with Crippen LogP contribution < -0.4 is 19.5 Å². The minimum atomic E-state index is -3.62. The van der Waals surface area contributed by atoms with Gasteiger partial charge in [0.25, 0.3) is 0 Å². The molecule has 0 radical (unpaired) electrons. The van der Waals surface area contributed by atoms with Crippen molar-refractivity contribution in [3.63, 3.8) is 0 Å². The monoisotopic (exact) mass is 506 g/mol. The molecule has 0 aromatic heterocycles. The van der Waals surface area contributed by atoms with Crippen LogP contribution in [-0.4, -0.2) is 72.8 Å². The van der Waals surface area contributed by atoms with Crippen molar-refractivity contribution in [2.45, 2.75) is 30.6 Å². The Hall–Kier alpha value is -2.82. The van der Waals surface area contributed by atoms with Gasteiger partial charge in [-0.25, -0.2) is 8.42 Å². The Morgan fingerprint density at radius 3 is 2.31 bits per heavy atom. The molecule has 1 N–H and O–H groups in total. The molecule has 1 heterocycles. The molecule has 0 aliphatic carbocycles. The summed E-state index contributed by atoms with van der Waals surface area (Å²) in [5.41, 5.74) is 1.78. The molecular formula is C25H34N2O7S. The minimum Gasteiger partial charge on any atom is -0.496 e. The maximum atomic E-state index is 13.0. The number of carbonyl (C=O) groups excluding carboxylic acids is 1. The van der Waals surface area contributed by atoms with Crippen LogP contribution in [0.15, 0.2) is 41.3 Å². The van der Waals surface area contributed by atoms with Crippen molar-refractivity contribution in [1.29, 1.82) is 0 Å². The number of ether oxygens (including phenoxy) is 4. The fourth-order valence-electron chi connectivity index (χ4n) is 3.94. The largest absolute Gasteiger partial charge is 0.496 e. The fraction of sp³-hybridized carbons (Fsp3) is 0.480. The van der Waals surface area contributed by atoms with Crippen molar-refractivity contribution in [3.8, 4) is 17.2 Å². The Kier molecular flexibility index (Phi) is 9.76. The number of carbonyl (C=O) groups is 1. The number of hydrogen-bond donors (Lipinski definition) is 1. The van der Waals surface area contributed by atoms with Crippen molar-refractivity contribution in [3.05, 3.63) is 47.5 Å². The van der Waals surface area contributed by atoms with E-state index in [1.807, 2.05) is 18.2 Å². The molecule has 0 unspecified atom stereocenters. The average molecular weight is 507 g/mol. The highest BCUT2D eigenvalue weighted by Crippen LogP contribution is 2.28. The number of hydrogen-bond acceptors (Lipinski definition) is 7. The lowest BCUT2D eigenvalue weighted by Crippen LogP contribution is -2.40. The van der Waals surface area contributed by atoms with Crippen LogP contribution in [0, 0.1) is 0 Å². The van der Waals surface area contributed by atoms with E-state index in [0.29, 0.717) is 62.1 Å². The molecule has 2 aromatic carbocycles. The molecule has 2 aromatic rings. The Balaban J connectivity index is 1.52. The third-order valence-corrected chi connectivity index (χ3v) is 7.79. The molecule has 10 heteroatoms. The van der Waals surface area contributed by atoms with E-state index in [4.69, 9.17) is 18.9 Å². The second-order valence-corrected chi connectivity index (χ2v) is 10.1. The lowest BCUT2D eigenvalue weighted by atomic mass is 10.1. The first-order valence-electron chi connectivity index (χ1n) is 11.6. The number of sulfonamides is 1. The van der Waals surface area contributed by atoms with Crippen molar-refractivity contribution in [2.75, 3.05) is 54.2 Å². The summed E-state index contributed by atoms with van der Waals surface area (Å²) in [4.78, 5) is 12.6. The van der Waals surface area contributed by atoms with Crippen LogP contribution in [0.25, 0.3) is 0 Å². The molecule has 192 valence electrons. The molecular weight excluding hydrogens is 472 g/mol. The number of morpholine rings is 1. The molecule has 35 heavy (non-hydrogen) atoms. The SMILES string of the molecule is COc1ccc(S(=O)(=O)N2CCOCC2)cc1CCC(=O)NCCCc1ccc(OC)c(OC)c1. The van der Waals surface area contributed by atoms with Crippen molar-refractivity contribution >= 4 is 15.9 Å². The van der Waals surface area contributed by atoms with Gasteiger partial charge in [-0.2, -0.15) is 4.31 Å². The Morgan fingerprint density at radius 1 is 0.943 bits per heavy atom. The van der Waals surface area contributed by atoms with Gasteiger partial charge >= 0.3 is 0 Å². The van der Waals surface area contributed by atoms with Gasteiger partial charge in [-0.1, -0.05) is 6.07 Å². The number of nitrogens with one attached hydrogen (secondary N) is 1. The summed E-state index contributed by atoms with van der Waals surface area (Å²) in [7, 11) is 1.11. The highest BCUT2D eigenvalue weighted by atomic mass is 32.2. The zero-order chi connectivity index (χ0) is 25.3. The molecule has 9 nitrogen and oxygen atoms in total. The number of aryl methyl sites for hydroxylation is 2. The van der Waals surface area contributed by atoms with Crippen molar-refractivity contribution in [2.24, 2.45) is 0 Å². The zero-order valence-corrected chi connectivity index (χ0v) is 21.4. The third-order valence-electron chi connectivity index (χ3n) is 5.89. The second-order valence-electron chi connectivity index (χ2n) is 8.13. The summed E-state index contributed by atoms with van der Waals surface area (Å²) in [6, 6.07) is 10.6. The van der Waals surface area contributed by atoms with E-state index in [-0.39, 0.29) is 17.2 Å². The van der Waals surface area contributed by atoms with E-state index < -0.39 is 10.0 Å². The summed E-state index contributed by atoms with van der Waals surface area (Å²) in [6.45, 7) is 1.96. The van der Waals surface area contributed by atoms with Gasteiger partial charge in [-0.3, -0.25) is 4.79 Å². The van der Waals surface area contributed by atoms with E-state index in [1.54, 1.807) is 32.4 Å². The Morgan fingerprint density at radius 2 is 1.63 bits per heavy atom. The molecule has 1 saturated heterocycles. The van der Waals surface area contributed by atoms with E-state index in [1.165, 1.54) is 11.4 Å². The summed E-state index contributed by atoms with van der Waals surface area (Å²) in [6.07, 6.45) is 2.17. The molecule has 1 amide bonds. The molecule has 1 fully saturated rings. The molecule has 0 saturated carbocycles. The highest BCUT2D eigenvalue weighted by Gasteiger charge is 2.27. The van der Waals surface area contributed by atoms with Crippen molar-refractivity contribution < 1.29 is 32.2 Å². The molecule has 1 aliphatic rings. The number of nitrogens with zero attached hydrogens (tertiary/aromatic N) is 1. The first kappa shape index (κ1) is 26.8. The van der Waals surface area contributed by atoms with Gasteiger partial charge in [0, 0.05) is 26.1 Å². The van der Waals surface area contributed by atoms with Gasteiger partial charge in [0.2, 0.25) is 15.9 Å². The maximum absolute atomic E-state index is 13.0. The number of rotatable bonds is 12. The molecule has 0 bridgehead atoms. The summed E-state index contributed by atoms with van der Waals surface area (Å²) >= 11 is 0. The predicted molar refractivity (Wildman–Crippen MR) is 132 cm³/mol. The Labute approximate surface area is 207 Å². The van der Waals surface area contributed by atoms with Crippen LogP contribution >= 0.6 is 0 Å². The number of benzene rings is 2. The van der Waals surface area contributed by atoms with Gasteiger partial charge in [-0.05, 0) is 60.7 Å². The van der Waals surface area contributed by atoms with Crippen LogP contribution in [0.4, 0.5) is 0 Å². The van der Waals surface area contributed by atoms with E-state index >= 15 is 0 Å². The lowest BCUT2D eigenvalue weighted by molar-refractivity contribution is -0.121. The third kappa shape index (κ3) is 7.09. The standard InChI is InChI=1S/C25H34N2O7S/c1-31-22-10-8-21(35(29,30)27-13-15-34-16-14-27)18-20(22)7-11-25(28)26-12-4-5-19-6-9-23(32-2)24(17-19)33-3/h6,8-10,17-18H,4-5,7,11-16H2,1-3H3,(H,26,28). The second kappa shape index (κ2) is 12.8. The predicted octanol–water partition coefficient (Wildman–Crippen LogP) is 2.41. The number of amides is 1. The van der Waals surface area contributed by atoms with E-state index in [9.17, 15) is 13.2 Å². The normalized spacial score (nSPS) is 14.4. The summed E-state index contributed by atoms with van der Waals surface area (Å²) in [5, 5.41) is 2.93. The first-order valence-corrected chi connectivity index (χ1v) is 13.1. The van der Waals surface area contributed by atoms with Crippen LogP contribution in [0.2, 0.25) is 0 Å². The number of methoxy groups -OCH3 is 3. The van der Waals surface area contributed by atoms with E-state index in [0.717, 1.165) is 18.4 Å². The zero-order valence-electron chi connectivity index (χ0n) is 20.5. The van der Waals surface area contributed by atoms with Gasteiger partial charge in [-0.15, -0.1) is 0 Å². The molecule has 0 spiro atoms. The van der Waals surface area contributed by atoms with Crippen molar-refractivity contribution in [1.82, 2.24) is 9.62 Å². The van der Waals surface area contributed by atoms with E-state index in [2.05, 4.69) is 5.32 Å². The van der Waals surface area contributed by atoms with Gasteiger partial charge in [0.1, 0.15) is 5.75 Å². The molecule has 0 atom stereocenters. The van der Waals surface area contributed by atoms with Gasteiger partial charge < -0.3 is 24.3 Å². The topological polar surface area (TPSA) is 103 Å². The average Bonchev–Trinajstić information content (AvgIpc) is 2.90. The lowest BCUT2D eigenvalue weighted by Gasteiger charge is -2.26.